The summed E-state index contributed by atoms with van der Waals surface area (Å²) in [5, 5.41) is 10.2. The fraction of sp³-hybridized carbons (Fsp3) is 0.524. The first-order valence-electron chi connectivity index (χ1n) is 13.2. The van der Waals surface area contributed by atoms with Crippen molar-refractivity contribution in [3.8, 4) is 0 Å². The number of imidazole rings is 2. The molecule has 46 heavy (non-hydrogen) atoms. The lowest BCUT2D eigenvalue weighted by molar-refractivity contribution is -0.0924. The highest BCUT2D eigenvalue weighted by Crippen LogP contribution is 2.50. The largest absolute Gasteiger partial charge is 0.582 e. The maximum atomic E-state index is 15.7. The molecule has 6 heterocycles. The number of aromatic nitrogens is 8. The van der Waals surface area contributed by atoms with Gasteiger partial charge < -0.3 is 35.5 Å². The molecule has 0 spiro atoms. The standard InChI is InChI=1S/C21H24F2N10O9P2S2/c22-8-1-7(34)2-38-20(33-6-29-12-17(33)30-21(25)31-18(12)35)13(8)42-44(37,46)39-3-9-14(41-43(36)45)10(23)19(40-9)32-5-28-11-15(24)26-4-27-16(11)32/h4-10,13-14,19-20,34H,1-3H2,(H6-,24,25,26,27,30,31,35,36,37,45,46)/p+1. The fourth-order valence-corrected chi connectivity index (χ4v) is 7.33. The third-order valence-electron chi connectivity index (χ3n) is 7.12. The summed E-state index contributed by atoms with van der Waals surface area (Å²) in [7, 11) is -2.64. The average molecular weight is 726 g/mol. The van der Waals surface area contributed by atoms with Gasteiger partial charge in [-0.2, -0.15) is 4.98 Å². The summed E-state index contributed by atoms with van der Waals surface area (Å²) >= 11 is 8.87. The number of aromatic amines is 1. The Bertz CT molecular complexity index is 1890. The zero-order valence-electron chi connectivity index (χ0n) is 23.0. The number of H-pyrrole nitrogens is 1. The number of aliphatic hydroxyl groups excluding tert-OH is 1. The number of hydrogen-bond acceptors (Lipinski definition) is 16. The van der Waals surface area contributed by atoms with E-state index in [4.69, 9.17) is 46.3 Å². The molecule has 4 aromatic heterocycles. The van der Waals surface area contributed by atoms with E-state index in [9.17, 15) is 19.4 Å². The second kappa shape index (κ2) is 13.0. The number of nitrogen functional groups attached to an aromatic ring is 2. The third kappa shape index (κ3) is 6.49. The molecule has 0 aliphatic carbocycles. The number of halogens is 2. The van der Waals surface area contributed by atoms with E-state index in [1.807, 2.05) is 0 Å². The molecule has 6 rings (SSSR count). The van der Waals surface area contributed by atoms with Gasteiger partial charge in [0, 0.05) is 6.42 Å². The van der Waals surface area contributed by atoms with Gasteiger partial charge >= 0.3 is 13.9 Å². The quantitative estimate of drug-likeness (QED) is 0.102. The number of alkyl halides is 2. The van der Waals surface area contributed by atoms with Crippen LogP contribution < -0.4 is 17.0 Å². The van der Waals surface area contributed by atoms with Gasteiger partial charge in [-0.25, -0.2) is 28.7 Å². The molecule has 25 heteroatoms. The van der Waals surface area contributed by atoms with E-state index >= 15 is 8.78 Å². The Morgan fingerprint density at radius 1 is 1.15 bits per heavy atom. The fourth-order valence-electron chi connectivity index (χ4n) is 5.12. The molecule has 0 aromatic carbocycles. The van der Waals surface area contributed by atoms with Gasteiger partial charge in [-0.1, -0.05) is 0 Å². The Morgan fingerprint density at radius 3 is 2.61 bits per heavy atom. The summed E-state index contributed by atoms with van der Waals surface area (Å²) in [5.41, 5.74) is 10.9. The Balaban J connectivity index is 1.24. The maximum Gasteiger partial charge on any atom is 0.582 e. The second-order valence-electron chi connectivity index (χ2n) is 10.1. The molecule has 0 bridgehead atoms. The normalized spacial score (nSPS) is 30.4. The van der Waals surface area contributed by atoms with Crippen molar-refractivity contribution in [3.05, 3.63) is 29.3 Å². The number of nitrogens with one attached hydrogen (secondary N) is 1. The summed E-state index contributed by atoms with van der Waals surface area (Å²) < 4.78 is 73.2. The molecular formula is C21H25F2N10O9P2S2+. The summed E-state index contributed by atoms with van der Waals surface area (Å²) in [6.45, 7) is -5.49. The lowest BCUT2D eigenvalue weighted by Gasteiger charge is -2.31. The van der Waals surface area contributed by atoms with E-state index in [1.165, 1.54) is 10.9 Å². The number of ether oxygens (including phenoxy) is 2. The van der Waals surface area contributed by atoms with Crippen molar-refractivity contribution in [2.24, 2.45) is 0 Å². The molecule has 2 aliphatic heterocycles. The van der Waals surface area contributed by atoms with Crippen LogP contribution in [0.25, 0.3) is 22.3 Å². The molecule has 7 N–H and O–H groups in total. The highest BCUT2D eigenvalue weighted by molar-refractivity contribution is 8.39. The molecule has 4 aromatic rings. The van der Waals surface area contributed by atoms with Crippen LogP contribution in [0.5, 0.6) is 0 Å². The number of hydrogen-bond donors (Lipinski definition) is 6. The van der Waals surface area contributed by atoms with Gasteiger partial charge in [-0.15, -0.1) is 4.52 Å². The summed E-state index contributed by atoms with van der Waals surface area (Å²) in [4.78, 5) is 45.6. The molecule has 10 atom stereocenters. The van der Waals surface area contributed by atoms with Crippen LogP contribution in [0.15, 0.2) is 23.8 Å². The van der Waals surface area contributed by atoms with Gasteiger partial charge in [-0.05, 0) is 16.4 Å². The zero-order chi connectivity index (χ0) is 32.9. The van der Waals surface area contributed by atoms with Crippen LogP contribution in [0.3, 0.4) is 0 Å². The Hall–Kier alpha value is -2.82. The van der Waals surface area contributed by atoms with Crippen LogP contribution in [0, 0.1) is 0 Å². The van der Waals surface area contributed by atoms with Crippen LogP contribution in [0.1, 0.15) is 18.9 Å². The van der Waals surface area contributed by atoms with Crippen molar-refractivity contribution in [2.75, 3.05) is 24.7 Å². The molecule has 0 radical (unpaired) electrons. The molecular weight excluding hydrogens is 700 g/mol. The lowest BCUT2D eigenvalue weighted by atomic mass is 10.1. The minimum Gasteiger partial charge on any atom is -0.391 e. The summed E-state index contributed by atoms with van der Waals surface area (Å²) in [5.74, 6) is -0.228. The van der Waals surface area contributed by atoms with E-state index in [1.54, 1.807) is 0 Å². The number of nitrogens with two attached hydrogens (primary N) is 2. The Kier molecular flexibility index (Phi) is 9.35. The highest BCUT2D eigenvalue weighted by Gasteiger charge is 2.52. The Labute approximate surface area is 266 Å². The van der Waals surface area contributed by atoms with Crippen molar-refractivity contribution in [1.29, 1.82) is 0 Å². The first kappa shape index (κ1) is 33.1. The van der Waals surface area contributed by atoms with Crippen molar-refractivity contribution >= 4 is 72.1 Å². The van der Waals surface area contributed by atoms with Crippen LogP contribution in [0.2, 0.25) is 0 Å². The van der Waals surface area contributed by atoms with Gasteiger partial charge in [0.1, 0.15) is 42.5 Å². The maximum absolute atomic E-state index is 15.7. The molecule has 10 unspecified atom stereocenters. The lowest BCUT2D eigenvalue weighted by Crippen LogP contribution is -2.36. The van der Waals surface area contributed by atoms with Gasteiger partial charge in [0.25, 0.3) is 5.56 Å². The van der Waals surface area contributed by atoms with Crippen molar-refractivity contribution in [1.82, 2.24) is 39.0 Å². The average Bonchev–Trinajstić information content (AvgIpc) is 3.66. The first-order chi connectivity index (χ1) is 21.8. The molecule has 248 valence electrons. The smallest absolute Gasteiger partial charge is 0.391 e. The summed E-state index contributed by atoms with van der Waals surface area (Å²) in [6, 6.07) is 0. The van der Waals surface area contributed by atoms with Crippen molar-refractivity contribution in [3.63, 3.8) is 0 Å². The third-order valence-corrected chi connectivity index (χ3v) is 9.38. The zero-order valence-corrected chi connectivity index (χ0v) is 26.5. The number of anilines is 2. The Morgan fingerprint density at radius 2 is 1.87 bits per heavy atom. The molecule has 2 saturated heterocycles. The second-order valence-corrected chi connectivity index (χ2v) is 14.6. The molecule has 2 aliphatic rings. The predicted octanol–water partition coefficient (Wildman–Crippen LogP) is 0.568. The molecule has 2 fully saturated rings. The summed E-state index contributed by atoms with van der Waals surface area (Å²) in [6.07, 6.45) is -9.81. The number of fused-ring (bicyclic) bond motifs is 2. The predicted molar refractivity (Wildman–Crippen MR) is 160 cm³/mol. The van der Waals surface area contributed by atoms with Gasteiger partial charge in [0.2, 0.25) is 5.95 Å². The van der Waals surface area contributed by atoms with Gasteiger partial charge in [0.15, 0.2) is 47.4 Å². The van der Waals surface area contributed by atoms with E-state index in [-0.39, 0.29) is 40.7 Å². The monoisotopic (exact) mass is 725 g/mol. The van der Waals surface area contributed by atoms with Crippen LogP contribution in [-0.4, -0.2) is 99.0 Å². The molecule has 0 amide bonds. The molecule has 0 saturated carbocycles. The topological polar surface area (TPSA) is 263 Å². The molecule has 19 nitrogen and oxygen atoms in total. The van der Waals surface area contributed by atoms with Crippen LogP contribution >= 0.6 is 26.2 Å². The number of aliphatic hydroxyl groups is 1. The minimum atomic E-state index is -4.44. The number of rotatable bonds is 9. The van der Waals surface area contributed by atoms with E-state index in [0.29, 0.717) is 0 Å². The van der Waals surface area contributed by atoms with E-state index < -0.39 is 81.8 Å². The number of nitrogens with zero attached hydrogens (tertiary/aromatic N) is 7. The minimum absolute atomic E-state index is 0.0376. The van der Waals surface area contributed by atoms with Crippen molar-refractivity contribution < 1.29 is 46.4 Å². The highest BCUT2D eigenvalue weighted by atomic mass is 32.7. The van der Waals surface area contributed by atoms with Crippen molar-refractivity contribution in [2.45, 2.75) is 55.6 Å². The van der Waals surface area contributed by atoms with E-state index in [2.05, 4.69) is 42.2 Å². The SMILES string of the molecule is Nc1nc2c(ncn2C2OCC(O)CC(F)C2OP(O)(=S)OCC2OC(n3cnc4c(N)ncnc43)C(F)C2O[P+](=O)S)c(=O)[nH]1. The number of thiol groups is 1. The first-order valence-corrected chi connectivity index (χ1v) is 18.1. The van der Waals surface area contributed by atoms with Gasteiger partial charge in [0.05, 0.1) is 32.0 Å². The van der Waals surface area contributed by atoms with Gasteiger partial charge in [-0.3, -0.25) is 23.4 Å². The van der Waals surface area contributed by atoms with Crippen LogP contribution in [0.4, 0.5) is 20.5 Å². The van der Waals surface area contributed by atoms with Crippen LogP contribution in [-0.2, 0) is 39.4 Å². The van der Waals surface area contributed by atoms with E-state index in [0.717, 1.165) is 17.2 Å².